The molecule has 0 bridgehead atoms. The van der Waals surface area contributed by atoms with Gasteiger partial charge in [-0.3, -0.25) is 9.59 Å². The van der Waals surface area contributed by atoms with E-state index in [1.165, 1.54) is 12.8 Å². The SMILES string of the molecule is CCC(C)CC(=O)N1CC(C2CN(C(=O)Cc3cc(C4CC4)on3)C2)C1. The van der Waals surface area contributed by atoms with Crippen molar-refractivity contribution in [3.05, 3.63) is 17.5 Å². The Balaban J connectivity index is 1.16. The molecule has 2 aliphatic heterocycles. The van der Waals surface area contributed by atoms with Crippen molar-refractivity contribution in [2.45, 2.75) is 51.9 Å². The molecule has 0 spiro atoms. The number of aromatic nitrogens is 1. The van der Waals surface area contributed by atoms with Gasteiger partial charge in [-0.15, -0.1) is 0 Å². The Morgan fingerprint density at radius 2 is 1.77 bits per heavy atom. The van der Waals surface area contributed by atoms with E-state index in [0.717, 1.165) is 44.1 Å². The van der Waals surface area contributed by atoms with Crippen LogP contribution in [0.3, 0.4) is 0 Å². The van der Waals surface area contributed by atoms with Gasteiger partial charge in [-0.25, -0.2) is 0 Å². The van der Waals surface area contributed by atoms with Crippen LogP contribution in [0.2, 0.25) is 0 Å². The molecule has 1 aromatic rings. The lowest BCUT2D eigenvalue weighted by Gasteiger charge is -2.50. The van der Waals surface area contributed by atoms with Crippen LogP contribution in [-0.4, -0.2) is 52.9 Å². The molecule has 1 aromatic heterocycles. The highest BCUT2D eigenvalue weighted by molar-refractivity contribution is 5.79. The summed E-state index contributed by atoms with van der Waals surface area (Å²) in [5.41, 5.74) is 0.755. The predicted molar refractivity (Wildman–Crippen MR) is 96.4 cm³/mol. The average Bonchev–Trinajstić information content (AvgIpc) is 3.28. The molecule has 0 N–H and O–H groups in total. The molecule has 2 saturated heterocycles. The van der Waals surface area contributed by atoms with Crippen molar-refractivity contribution < 1.29 is 14.1 Å². The summed E-state index contributed by atoms with van der Waals surface area (Å²) < 4.78 is 5.32. The summed E-state index contributed by atoms with van der Waals surface area (Å²) in [5.74, 6) is 3.48. The van der Waals surface area contributed by atoms with Gasteiger partial charge >= 0.3 is 0 Å². The van der Waals surface area contributed by atoms with Crippen molar-refractivity contribution >= 4 is 11.8 Å². The third-order valence-corrected chi connectivity index (χ3v) is 6.30. The lowest BCUT2D eigenvalue weighted by molar-refractivity contribution is -0.148. The lowest BCUT2D eigenvalue weighted by Crippen LogP contribution is -2.62. The van der Waals surface area contributed by atoms with E-state index in [4.69, 9.17) is 4.52 Å². The van der Waals surface area contributed by atoms with Crippen molar-refractivity contribution in [1.29, 1.82) is 0 Å². The third kappa shape index (κ3) is 3.64. The molecule has 1 unspecified atom stereocenters. The highest BCUT2D eigenvalue weighted by atomic mass is 16.5. The summed E-state index contributed by atoms with van der Waals surface area (Å²) in [7, 11) is 0. The van der Waals surface area contributed by atoms with Crippen LogP contribution in [0.15, 0.2) is 10.6 Å². The van der Waals surface area contributed by atoms with Gasteiger partial charge in [0.15, 0.2) is 0 Å². The minimum atomic E-state index is 0.140. The van der Waals surface area contributed by atoms with E-state index in [9.17, 15) is 9.59 Å². The fourth-order valence-electron chi connectivity index (χ4n) is 3.84. The largest absolute Gasteiger partial charge is 0.361 e. The van der Waals surface area contributed by atoms with E-state index in [2.05, 4.69) is 19.0 Å². The molecule has 1 saturated carbocycles. The number of hydrogen-bond acceptors (Lipinski definition) is 4. The topological polar surface area (TPSA) is 66.7 Å². The molecular weight excluding hydrogens is 330 g/mol. The maximum Gasteiger partial charge on any atom is 0.228 e. The van der Waals surface area contributed by atoms with Crippen molar-refractivity contribution in [1.82, 2.24) is 15.0 Å². The van der Waals surface area contributed by atoms with Gasteiger partial charge in [0.1, 0.15) is 5.76 Å². The molecule has 3 heterocycles. The van der Waals surface area contributed by atoms with E-state index in [1.54, 1.807) is 0 Å². The third-order valence-electron chi connectivity index (χ3n) is 6.30. The first-order valence-corrected chi connectivity index (χ1v) is 10.0. The molecule has 1 atom stereocenters. The summed E-state index contributed by atoms with van der Waals surface area (Å²) >= 11 is 0. The summed E-state index contributed by atoms with van der Waals surface area (Å²) in [5, 5.41) is 4.03. The van der Waals surface area contributed by atoms with Crippen LogP contribution in [0.1, 0.15) is 56.9 Å². The van der Waals surface area contributed by atoms with Gasteiger partial charge in [0, 0.05) is 56.4 Å². The van der Waals surface area contributed by atoms with Crippen LogP contribution in [0.25, 0.3) is 0 Å². The van der Waals surface area contributed by atoms with Crippen molar-refractivity contribution in [2.24, 2.45) is 17.8 Å². The second kappa shape index (κ2) is 7.05. The standard InChI is InChI=1S/C20H29N3O3/c1-3-13(2)6-19(24)22-9-15(10-22)16-11-23(12-16)20(25)8-17-7-18(26-21-17)14-4-5-14/h7,13-16H,3-6,8-12H2,1-2H3. The number of hydrogen-bond donors (Lipinski definition) is 0. The fraction of sp³-hybridized carbons (Fsp3) is 0.750. The van der Waals surface area contributed by atoms with E-state index in [-0.39, 0.29) is 5.91 Å². The summed E-state index contributed by atoms with van der Waals surface area (Å²) in [6.45, 7) is 7.65. The molecule has 6 nitrogen and oxygen atoms in total. The fourth-order valence-corrected chi connectivity index (χ4v) is 3.84. The Kier molecular flexibility index (Phi) is 4.76. The number of rotatable bonds is 7. The first-order chi connectivity index (χ1) is 12.5. The van der Waals surface area contributed by atoms with Crippen molar-refractivity contribution in [2.75, 3.05) is 26.2 Å². The Hall–Kier alpha value is -1.85. The van der Waals surface area contributed by atoms with Gasteiger partial charge in [0.2, 0.25) is 11.8 Å². The second-order valence-corrected chi connectivity index (χ2v) is 8.51. The molecule has 0 aromatic carbocycles. The van der Waals surface area contributed by atoms with Gasteiger partial charge < -0.3 is 14.3 Å². The molecule has 3 aliphatic rings. The van der Waals surface area contributed by atoms with E-state index < -0.39 is 0 Å². The zero-order chi connectivity index (χ0) is 18.3. The summed E-state index contributed by atoms with van der Waals surface area (Å²) in [6, 6.07) is 1.94. The normalized spacial score (nSPS) is 22.1. The van der Waals surface area contributed by atoms with Gasteiger partial charge in [-0.05, 0) is 18.8 Å². The Bertz CT molecular complexity index is 670. The second-order valence-electron chi connectivity index (χ2n) is 8.51. The van der Waals surface area contributed by atoms with Crippen LogP contribution in [0.4, 0.5) is 0 Å². The van der Waals surface area contributed by atoms with Gasteiger partial charge in [-0.2, -0.15) is 0 Å². The predicted octanol–water partition coefficient (Wildman–Crippen LogP) is 2.45. The molecule has 3 fully saturated rings. The number of likely N-dealkylation sites (tertiary alicyclic amines) is 2. The first kappa shape index (κ1) is 17.6. The van der Waals surface area contributed by atoms with E-state index in [1.807, 2.05) is 15.9 Å². The zero-order valence-electron chi connectivity index (χ0n) is 15.8. The van der Waals surface area contributed by atoms with E-state index in [0.29, 0.717) is 42.4 Å². The molecule has 142 valence electrons. The molecule has 2 amide bonds. The maximum absolute atomic E-state index is 12.4. The molecule has 0 radical (unpaired) electrons. The average molecular weight is 359 g/mol. The highest BCUT2D eigenvalue weighted by Crippen LogP contribution is 2.40. The number of amides is 2. The lowest BCUT2D eigenvalue weighted by atomic mass is 9.80. The minimum absolute atomic E-state index is 0.140. The molecule has 6 heteroatoms. The number of carbonyl (C=O) groups is 2. The zero-order valence-corrected chi connectivity index (χ0v) is 15.8. The Morgan fingerprint density at radius 3 is 2.35 bits per heavy atom. The molecular formula is C20H29N3O3. The molecule has 1 aliphatic carbocycles. The van der Waals surface area contributed by atoms with Crippen LogP contribution in [0, 0.1) is 17.8 Å². The maximum atomic E-state index is 12.4. The quantitative estimate of drug-likeness (QED) is 0.750. The molecule has 26 heavy (non-hydrogen) atoms. The number of nitrogens with zero attached hydrogens (tertiary/aromatic N) is 3. The summed E-state index contributed by atoms with van der Waals surface area (Å²) in [6.07, 6.45) is 4.41. The first-order valence-electron chi connectivity index (χ1n) is 10.0. The van der Waals surface area contributed by atoms with Gasteiger partial charge in [0.25, 0.3) is 0 Å². The monoisotopic (exact) mass is 359 g/mol. The smallest absolute Gasteiger partial charge is 0.228 e. The Labute approximate surface area is 154 Å². The van der Waals surface area contributed by atoms with Crippen LogP contribution < -0.4 is 0 Å². The van der Waals surface area contributed by atoms with Gasteiger partial charge in [0.05, 0.1) is 12.1 Å². The van der Waals surface area contributed by atoms with Crippen LogP contribution in [0.5, 0.6) is 0 Å². The van der Waals surface area contributed by atoms with Gasteiger partial charge in [-0.1, -0.05) is 25.4 Å². The van der Waals surface area contributed by atoms with Crippen molar-refractivity contribution in [3.8, 4) is 0 Å². The summed E-state index contributed by atoms with van der Waals surface area (Å²) in [4.78, 5) is 28.4. The Morgan fingerprint density at radius 1 is 1.15 bits per heavy atom. The van der Waals surface area contributed by atoms with Crippen LogP contribution in [-0.2, 0) is 16.0 Å². The highest BCUT2D eigenvalue weighted by Gasteiger charge is 2.43. The van der Waals surface area contributed by atoms with E-state index >= 15 is 0 Å². The van der Waals surface area contributed by atoms with Crippen LogP contribution >= 0.6 is 0 Å². The molecule has 4 rings (SSSR count). The number of carbonyl (C=O) groups excluding carboxylic acids is 2. The minimum Gasteiger partial charge on any atom is -0.361 e. The van der Waals surface area contributed by atoms with Crippen molar-refractivity contribution in [3.63, 3.8) is 0 Å².